The van der Waals surface area contributed by atoms with Crippen molar-refractivity contribution in [3.05, 3.63) is 65.3 Å². The second-order valence-electron chi connectivity index (χ2n) is 7.62. The zero-order valence-electron chi connectivity index (χ0n) is 16.7. The second-order valence-corrected chi connectivity index (χ2v) is 7.62. The Hall–Kier alpha value is -3.91. The molecule has 31 heavy (non-hydrogen) atoms. The minimum absolute atomic E-state index is 0.185. The normalized spacial score (nSPS) is 14.5. The lowest BCUT2D eigenvalue weighted by molar-refractivity contribution is 0.122. The number of H-pyrrole nitrogens is 3. The van der Waals surface area contributed by atoms with Crippen molar-refractivity contribution in [2.75, 3.05) is 31.2 Å². The van der Waals surface area contributed by atoms with Gasteiger partial charge in [0.2, 0.25) is 0 Å². The Morgan fingerprint density at radius 3 is 2.81 bits per heavy atom. The molecule has 1 aromatic carbocycles. The maximum Gasteiger partial charge on any atom is 0.259 e. The zero-order valence-corrected chi connectivity index (χ0v) is 16.7. The molecule has 1 aliphatic rings. The summed E-state index contributed by atoms with van der Waals surface area (Å²) in [6, 6.07) is 11.9. The molecular weight excluding hydrogens is 392 g/mol. The average molecular weight is 412 g/mol. The molecule has 0 bridgehead atoms. The maximum absolute atomic E-state index is 12.7. The molecule has 8 heteroatoms. The van der Waals surface area contributed by atoms with E-state index in [1.54, 1.807) is 12.4 Å². The molecule has 154 valence electrons. The van der Waals surface area contributed by atoms with Crippen LogP contribution in [0.1, 0.15) is 0 Å². The molecule has 4 aromatic heterocycles. The molecule has 6 rings (SSSR count). The number of nitrogens with one attached hydrogen (secondary N) is 3. The van der Waals surface area contributed by atoms with Crippen LogP contribution in [0.5, 0.6) is 0 Å². The van der Waals surface area contributed by atoms with Gasteiger partial charge in [0.25, 0.3) is 5.56 Å². The summed E-state index contributed by atoms with van der Waals surface area (Å²) in [5.74, 6) is 0.552. The highest BCUT2D eigenvalue weighted by atomic mass is 16.5. The number of hydrogen-bond acceptors (Lipinski definition) is 5. The summed E-state index contributed by atoms with van der Waals surface area (Å²) >= 11 is 0. The molecule has 0 unspecified atom stereocenters. The monoisotopic (exact) mass is 412 g/mol. The fourth-order valence-corrected chi connectivity index (χ4v) is 4.17. The van der Waals surface area contributed by atoms with Gasteiger partial charge < -0.3 is 24.6 Å². The molecule has 0 aliphatic carbocycles. The van der Waals surface area contributed by atoms with E-state index >= 15 is 0 Å². The van der Waals surface area contributed by atoms with Gasteiger partial charge in [-0.05, 0) is 47.5 Å². The Morgan fingerprint density at radius 2 is 1.90 bits per heavy atom. The predicted molar refractivity (Wildman–Crippen MR) is 120 cm³/mol. The van der Waals surface area contributed by atoms with Crippen molar-refractivity contribution in [3.63, 3.8) is 0 Å². The Morgan fingerprint density at radius 1 is 1.00 bits per heavy atom. The van der Waals surface area contributed by atoms with E-state index in [4.69, 9.17) is 4.74 Å². The number of rotatable bonds is 3. The molecule has 0 atom stereocenters. The third-order valence-electron chi connectivity index (χ3n) is 5.77. The number of hydrogen-bond donors (Lipinski definition) is 3. The van der Waals surface area contributed by atoms with Crippen LogP contribution in [0.2, 0.25) is 0 Å². The first-order valence-electron chi connectivity index (χ1n) is 10.2. The zero-order chi connectivity index (χ0) is 20.8. The highest BCUT2D eigenvalue weighted by Crippen LogP contribution is 2.29. The lowest BCUT2D eigenvalue weighted by Crippen LogP contribution is -2.36. The molecule has 1 saturated heterocycles. The van der Waals surface area contributed by atoms with Crippen molar-refractivity contribution in [1.29, 1.82) is 0 Å². The van der Waals surface area contributed by atoms with E-state index in [1.807, 2.05) is 30.5 Å². The minimum atomic E-state index is -0.185. The topological polar surface area (TPSA) is 103 Å². The summed E-state index contributed by atoms with van der Waals surface area (Å²) in [5, 5.41) is 1.00. The fraction of sp³-hybridized carbons (Fsp3) is 0.174. The average Bonchev–Trinajstić information content (AvgIpc) is 3.46. The van der Waals surface area contributed by atoms with Crippen molar-refractivity contribution >= 4 is 27.8 Å². The number of pyridine rings is 2. The first kappa shape index (κ1) is 17.9. The van der Waals surface area contributed by atoms with Crippen LogP contribution in [-0.2, 0) is 4.74 Å². The van der Waals surface area contributed by atoms with E-state index in [-0.39, 0.29) is 5.56 Å². The highest BCUT2D eigenvalue weighted by Gasteiger charge is 2.15. The van der Waals surface area contributed by atoms with Crippen molar-refractivity contribution < 1.29 is 4.74 Å². The lowest BCUT2D eigenvalue weighted by atomic mass is 10.0. The Kier molecular flexibility index (Phi) is 4.10. The summed E-state index contributed by atoms with van der Waals surface area (Å²) in [7, 11) is 0. The number of aromatic amines is 3. The number of fused-ring (bicyclic) bond motifs is 2. The van der Waals surface area contributed by atoms with Crippen LogP contribution in [0.15, 0.2) is 59.8 Å². The van der Waals surface area contributed by atoms with Crippen LogP contribution in [0.4, 0.5) is 5.69 Å². The molecule has 1 aliphatic heterocycles. The van der Waals surface area contributed by atoms with E-state index in [9.17, 15) is 4.79 Å². The first-order valence-corrected chi connectivity index (χ1v) is 10.2. The van der Waals surface area contributed by atoms with Gasteiger partial charge in [-0.25, -0.2) is 9.97 Å². The van der Waals surface area contributed by atoms with Crippen molar-refractivity contribution in [2.24, 2.45) is 0 Å². The van der Waals surface area contributed by atoms with E-state index in [1.165, 1.54) is 0 Å². The summed E-state index contributed by atoms with van der Waals surface area (Å²) in [6.07, 6.45) is 5.35. The van der Waals surface area contributed by atoms with Gasteiger partial charge in [0.05, 0.1) is 29.8 Å². The number of ether oxygens (including phenoxy) is 1. The van der Waals surface area contributed by atoms with Gasteiger partial charge in [0.15, 0.2) is 0 Å². The van der Waals surface area contributed by atoms with Gasteiger partial charge in [-0.2, -0.15) is 0 Å². The molecule has 5 heterocycles. The molecule has 0 spiro atoms. The Balaban J connectivity index is 1.43. The number of imidazole rings is 1. The molecule has 1 fully saturated rings. The smallest absolute Gasteiger partial charge is 0.259 e. The minimum Gasteiger partial charge on any atom is -0.378 e. The van der Waals surface area contributed by atoms with Crippen molar-refractivity contribution in [1.82, 2.24) is 24.9 Å². The van der Waals surface area contributed by atoms with Gasteiger partial charge in [-0.3, -0.25) is 4.79 Å². The van der Waals surface area contributed by atoms with Gasteiger partial charge in [-0.15, -0.1) is 0 Å². The Bertz CT molecular complexity index is 1460. The predicted octanol–water partition coefficient (Wildman–Crippen LogP) is 3.30. The summed E-state index contributed by atoms with van der Waals surface area (Å²) in [6.45, 7) is 3.21. The molecule has 5 aromatic rings. The maximum atomic E-state index is 12.7. The van der Waals surface area contributed by atoms with Crippen LogP contribution >= 0.6 is 0 Å². The Labute approximate surface area is 176 Å². The molecule has 0 saturated carbocycles. The number of benzene rings is 1. The van der Waals surface area contributed by atoms with E-state index in [2.05, 4.69) is 42.0 Å². The van der Waals surface area contributed by atoms with Crippen LogP contribution in [0.3, 0.4) is 0 Å². The number of morpholine rings is 1. The third-order valence-corrected chi connectivity index (χ3v) is 5.77. The molecule has 0 amide bonds. The first-order chi connectivity index (χ1) is 15.3. The van der Waals surface area contributed by atoms with Gasteiger partial charge in [0.1, 0.15) is 11.5 Å². The summed E-state index contributed by atoms with van der Waals surface area (Å²) in [5.41, 5.74) is 5.88. The highest BCUT2D eigenvalue weighted by molar-refractivity contribution is 5.93. The SMILES string of the molecule is O=c1[nH]cc(-c2ccnc3[nH]ccc23)cc1-c1nc2ccc(N3CCOCC3)cc2[nH]1. The van der Waals surface area contributed by atoms with E-state index < -0.39 is 0 Å². The molecule has 0 radical (unpaired) electrons. The number of aromatic nitrogens is 5. The van der Waals surface area contributed by atoms with Gasteiger partial charge in [-0.1, -0.05) is 0 Å². The fourth-order valence-electron chi connectivity index (χ4n) is 4.17. The largest absolute Gasteiger partial charge is 0.378 e. The van der Waals surface area contributed by atoms with Crippen molar-refractivity contribution in [2.45, 2.75) is 0 Å². The number of nitrogens with zero attached hydrogens (tertiary/aromatic N) is 3. The molecule has 3 N–H and O–H groups in total. The van der Waals surface area contributed by atoms with Gasteiger partial charge in [0, 0.05) is 42.8 Å². The third kappa shape index (κ3) is 3.08. The van der Waals surface area contributed by atoms with E-state index in [0.29, 0.717) is 11.4 Å². The second kappa shape index (κ2) is 7.10. The van der Waals surface area contributed by atoms with Crippen LogP contribution < -0.4 is 10.5 Å². The summed E-state index contributed by atoms with van der Waals surface area (Å²) < 4.78 is 5.45. The standard InChI is InChI=1S/C23H20N6O2/c30-23-18(11-14(13-26-23)16-3-5-24-21-17(16)4-6-25-21)22-27-19-2-1-15(12-20(19)28-22)29-7-9-31-10-8-29/h1-6,11-13H,7-10H2,(H,24,25)(H,26,30)(H,27,28). The van der Waals surface area contributed by atoms with Crippen LogP contribution in [-0.4, -0.2) is 51.2 Å². The molecular formula is C23H20N6O2. The number of anilines is 1. The van der Waals surface area contributed by atoms with Crippen LogP contribution in [0.25, 0.3) is 44.6 Å². The van der Waals surface area contributed by atoms with Crippen molar-refractivity contribution in [3.8, 4) is 22.5 Å². The van der Waals surface area contributed by atoms with Crippen LogP contribution in [0, 0.1) is 0 Å². The quantitative estimate of drug-likeness (QED) is 0.422. The van der Waals surface area contributed by atoms with Gasteiger partial charge >= 0.3 is 0 Å². The summed E-state index contributed by atoms with van der Waals surface area (Å²) in [4.78, 5) is 33.3. The molecule has 8 nitrogen and oxygen atoms in total. The van der Waals surface area contributed by atoms with E-state index in [0.717, 1.165) is 65.2 Å². The lowest BCUT2D eigenvalue weighted by Gasteiger charge is -2.28.